The van der Waals surface area contributed by atoms with Crippen molar-refractivity contribution in [2.75, 3.05) is 5.88 Å². The van der Waals surface area contributed by atoms with Gasteiger partial charge in [-0.1, -0.05) is 12.1 Å². The van der Waals surface area contributed by atoms with Crippen LogP contribution in [0.1, 0.15) is 30.8 Å². The number of nitrogens with zero attached hydrogens (tertiary/aromatic N) is 2. The Balaban J connectivity index is 2.59. The summed E-state index contributed by atoms with van der Waals surface area (Å²) in [5, 5.41) is 0. The molecule has 0 aliphatic heterocycles. The van der Waals surface area contributed by atoms with Crippen LogP contribution in [0.5, 0.6) is 0 Å². The molecule has 1 aromatic heterocycles. The second kappa shape index (κ2) is 5.61. The average molecular weight is 280 g/mol. The third-order valence-corrected chi connectivity index (χ3v) is 3.43. The number of halogens is 1. The van der Waals surface area contributed by atoms with Crippen molar-refractivity contribution in [3.8, 4) is 0 Å². The predicted molar refractivity (Wildman–Crippen MR) is 77.4 cm³/mol. The van der Waals surface area contributed by atoms with Crippen LogP contribution in [0.4, 0.5) is 0 Å². The van der Waals surface area contributed by atoms with Crippen LogP contribution in [0.2, 0.25) is 0 Å². The SMILES string of the molecule is Cc1cccc2nc(CCCl)n(C(C)CC(N)=O)c12. The molecule has 2 aromatic rings. The van der Waals surface area contributed by atoms with Crippen molar-refractivity contribution in [1.82, 2.24) is 9.55 Å². The van der Waals surface area contributed by atoms with E-state index >= 15 is 0 Å². The van der Waals surface area contributed by atoms with Gasteiger partial charge in [-0.3, -0.25) is 4.79 Å². The summed E-state index contributed by atoms with van der Waals surface area (Å²) in [5.41, 5.74) is 8.45. The van der Waals surface area contributed by atoms with Crippen LogP contribution >= 0.6 is 11.6 Å². The maximum Gasteiger partial charge on any atom is 0.219 e. The molecule has 0 spiro atoms. The summed E-state index contributed by atoms with van der Waals surface area (Å²) in [5.74, 6) is 1.11. The van der Waals surface area contributed by atoms with E-state index in [0.717, 1.165) is 22.4 Å². The van der Waals surface area contributed by atoms with Crippen LogP contribution < -0.4 is 5.73 Å². The first-order valence-electron chi connectivity index (χ1n) is 6.35. The fourth-order valence-corrected chi connectivity index (χ4v) is 2.66. The zero-order valence-corrected chi connectivity index (χ0v) is 11.9. The van der Waals surface area contributed by atoms with E-state index in [4.69, 9.17) is 17.3 Å². The number of amides is 1. The molecule has 102 valence electrons. The highest BCUT2D eigenvalue weighted by Crippen LogP contribution is 2.26. The van der Waals surface area contributed by atoms with Crippen molar-refractivity contribution in [3.63, 3.8) is 0 Å². The van der Waals surface area contributed by atoms with E-state index < -0.39 is 0 Å². The zero-order valence-electron chi connectivity index (χ0n) is 11.2. The summed E-state index contributed by atoms with van der Waals surface area (Å²) in [4.78, 5) is 15.8. The maximum atomic E-state index is 11.2. The molecule has 2 rings (SSSR count). The van der Waals surface area contributed by atoms with Gasteiger partial charge in [0, 0.05) is 24.8 Å². The molecule has 4 nitrogen and oxygen atoms in total. The van der Waals surface area contributed by atoms with E-state index in [1.165, 1.54) is 0 Å². The molecule has 1 amide bonds. The van der Waals surface area contributed by atoms with Gasteiger partial charge in [-0.15, -0.1) is 11.6 Å². The number of carbonyl (C=O) groups excluding carboxylic acids is 1. The van der Waals surface area contributed by atoms with Gasteiger partial charge < -0.3 is 10.3 Å². The summed E-state index contributed by atoms with van der Waals surface area (Å²) < 4.78 is 2.10. The number of imidazole rings is 1. The van der Waals surface area contributed by atoms with Crippen LogP contribution in [-0.2, 0) is 11.2 Å². The summed E-state index contributed by atoms with van der Waals surface area (Å²) in [6.45, 7) is 4.03. The molecule has 0 saturated heterocycles. The van der Waals surface area contributed by atoms with Crippen LogP contribution in [0, 0.1) is 6.92 Å². The summed E-state index contributed by atoms with van der Waals surface area (Å²) in [6.07, 6.45) is 0.980. The second-order valence-electron chi connectivity index (χ2n) is 4.80. The van der Waals surface area contributed by atoms with Crippen LogP contribution in [0.15, 0.2) is 18.2 Å². The molecule has 0 saturated carbocycles. The molecule has 0 radical (unpaired) electrons. The fourth-order valence-electron chi connectivity index (χ4n) is 2.49. The number of hydrogen-bond acceptors (Lipinski definition) is 2. The van der Waals surface area contributed by atoms with Gasteiger partial charge in [0.2, 0.25) is 5.91 Å². The predicted octanol–water partition coefficient (Wildman–Crippen LogP) is 2.56. The number of benzene rings is 1. The minimum atomic E-state index is -0.306. The average Bonchev–Trinajstić information content (AvgIpc) is 2.68. The Kier molecular flexibility index (Phi) is 4.10. The Bertz CT molecular complexity index is 606. The van der Waals surface area contributed by atoms with Crippen LogP contribution in [0.3, 0.4) is 0 Å². The number of primary amides is 1. The first kappa shape index (κ1) is 13.9. The molecule has 0 aliphatic rings. The molecule has 0 fully saturated rings. The van der Waals surface area contributed by atoms with Crippen molar-refractivity contribution in [2.24, 2.45) is 5.73 Å². The van der Waals surface area contributed by atoms with Gasteiger partial charge in [-0.25, -0.2) is 4.98 Å². The van der Waals surface area contributed by atoms with Gasteiger partial charge in [0.05, 0.1) is 11.0 Å². The molecule has 0 aliphatic carbocycles. The lowest BCUT2D eigenvalue weighted by Crippen LogP contribution is -2.19. The molecule has 1 atom stereocenters. The summed E-state index contributed by atoms with van der Waals surface area (Å²) >= 11 is 5.84. The lowest BCUT2D eigenvalue weighted by Gasteiger charge is -2.17. The Morgan fingerprint density at radius 1 is 1.53 bits per heavy atom. The number of carbonyl (C=O) groups is 1. The van der Waals surface area contributed by atoms with Gasteiger partial charge >= 0.3 is 0 Å². The van der Waals surface area contributed by atoms with E-state index in [1.54, 1.807) is 0 Å². The second-order valence-corrected chi connectivity index (χ2v) is 5.18. The van der Waals surface area contributed by atoms with E-state index in [-0.39, 0.29) is 11.9 Å². The zero-order chi connectivity index (χ0) is 14.0. The Hall–Kier alpha value is -1.55. The molecular formula is C14H18ClN3O. The highest BCUT2D eigenvalue weighted by Gasteiger charge is 2.18. The van der Waals surface area contributed by atoms with Gasteiger partial charge in [0.1, 0.15) is 5.82 Å². The van der Waals surface area contributed by atoms with E-state index in [9.17, 15) is 4.79 Å². The van der Waals surface area contributed by atoms with Gasteiger partial charge in [0.25, 0.3) is 0 Å². The maximum absolute atomic E-state index is 11.2. The molecule has 1 aromatic carbocycles. The fraction of sp³-hybridized carbons (Fsp3) is 0.429. The molecule has 19 heavy (non-hydrogen) atoms. The van der Waals surface area contributed by atoms with Gasteiger partial charge in [-0.05, 0) is 25.5 Å². The molecular weight excluding hydrogens is 262 g/mol. The third-order valence-electron chi connectivity index (χ3n) is 3.24. The first-order chi connectivity index (χ1) is 9.04. The number of rotatable bonds is 5. The summed E-state index contributed by atoms with van der Waals surface area (Å²) in [6, 6.07) is 6.00. The number of hydrogen-bond donors (Lipinski definition) is 1. The number of aryl methyl sites for hydroxylation is 2. The molecule has 2 N–H and O–H groups in total. The Morgan fingerprint density at radius 3 is 2.89 bits per heavy atom. The Morgan fingerprint density at radius 2 is 2.26 bits per heavy atom. The van der Waals surface area contributed by atoms with E-state index in [1.807, 2.05) is 32.0 Å². The van der Waals surface area contributed by atoms with Gasteiger partial charge in [0.15, 0.2) is 0 Å². The normalized spacial score (nSPS) is 12.8. The monoisotopic (exact) mass is 279 g/mol. The van der Waals surface area contributed by atoms with Gasteiger partial charge in [-0.2, -0.15) is 0 Å². The minimum absolute atomic E-state index is 0.0122. The van der Waals surface area contributed by atoms with Crippen LogP contribution in [0.25, 0.3) is 11.0 Å². The van der Waals surface area contributed by atoms with Crippen molar-refractivity contribution in [1.29, 1.82) is 0 Å². The standard InChI is InChI=1S/C14H18ClN3O/c1-9-4-3-5-11-14(9)18(10(2)8-12(16)19)13(17-11)6-7-15/h3-5,10H,6-8H2,1-2H3,(H2,16,19). The highest BCUT2D eigenvalue weighted by atomic mass is 35.5. The van der Waals surface area contributed by atoms with E-state index in [2.05, 4.69) is 9.55 Å². The van der Waals surface area contributed by atoms with Crippen molar-refractivity contribution >= 4 is 28.5 Å². The molecule has 0 bridgehead atoms. The Labute approximate surface area is 117 Å². The van der Waals surface area contributed by atoms with Crippen LogP contribution in [-0.4, -0.2) is 21.3 Å². The largest absolute Gasteiger partial charge is 0.370 e. The quantitative estimate of drug-likeness (QED) is 0.855. The van der Waals surface area contributed by atoms with E-state index in [0.29, 0.717) is 18.7 Å². The first-order valence-corrected chi connectivity index (χ1v) is 6.88. The molecule has 1 heterocycles. The van der Waals surface area contributed by atoms with Crippen molar-refractivity contribution in [3.05, 3.63) is 29.6 Å². The highest BCUT2D eigenvalue weighted by molar-refractivity contribution is 6.17. The third kappa shape index (κ3) is 2.73. The smallest absolute Gasteiger partial charge is 0.219 e. The molecule has 5 heteroatoms. The van der Waals surface area contributed by atoms with Crippen molar-refractivity contribution < 1.29 is 4.79 Å². The number of para-hydroxylation sites is 1. The number of alkyl halides is 1. The number of nitrogens with two attached hydrogens (primary N) is 1. The number of aromatic nitrogens is 2. The van der Waals surface area contributed by atoms with Crippen molar-refractivity contribution in [2.45, 2.75) is 32.7 Å². The number of fused-ring (bicyclic) bond motifs is 1. The lowest BCUT2D eigenvalue weighted by molar-refractivity contribution is -0.118. The minimum Gasteiger partial charge on any atom is -0.370 e. The summed E-state index contributed by atoms with van der Waals surface area (Å²) in [7, 11) is 0. The lowest BCUT2D eigenvalue weighted by atomic mass is 10.1. The molecule has 1 unspecified atom stereocenters. The topological polar surface area (TPSA) is 60.9 Å².